The van der Waals surface area contributed by atoms with Crippen molar-refractivity contribution < 1.29 is 9.53 Å². The fraction of sp³-hybridized carbons (Fsp3) is 0.200. The molecule has 0 radical (unpaired) electrons. The van der Waals surface area contributed by atoms with Crippen LogP contribution >= 0.6 is 0 Å². The number of aromatic amines is 1. The van der Waals surface area contributed by atoms with Crippen molar-refractivity contribution in [2.75, 3.05) is 13.2 Å². The molecule has 1 amide bonds. The number of amides is 1. The lowest BCUT2D eigenvalue weighted by Crippen LogP contribution is -2.35. The number of pyridine rings is 1. The number of hydrogen-bond donors (Lipinski definition) is 2. The van der Waals surface area contributed by atoms with E-state index in [-0.39, 0.29) is 11.7 Å². The Hall–Kier alpha value is -3.32. The quantitative estimate of drug-likeness (QED) is 0.739. The molecule has 1 aliphatic rings. The summed E-state index contributed by atoms with van der Waals surface area (Å²) in [6.45, 7) is 0.902. The highest BCUT2D eigenvalue weighted by molar-refractivity contribution is 5.93. The van der Waals surface area contributed by atoms with E-state index in [1.54, 1.807) is 24.5 Å². The van der Waals surface area contributed by atoms with Crippen LogP contribution in [0.15, 0.2) is 59.8 Å². The minimum absolute atomic E-state index is 0.0354. The van der Waals surface area contributed by atoms with Crippen LogP contribution < -0.4 is 10.9 Å². The number of aromatic nitrogens is 3. The van der Waals surface area contributed by atoms with Gasteiger partial charge in [-0.3, -0.25) is 14.6 Å². The predicted molar refractivity (Wildman–Crippen MR) is 99.3 cm³/mol. The third kappa shape index (κ3) is 3.63. The van der Waals surface area contributed by atoms with E-state index < -0.39 is 11.5 Å². The smallest absolute Gasteiger partial charge is 0.264 e. The summed E-state index contributed by atoms with van der Waals surface area (Å²) < 4.78 is 5.77. The Bertz CT molecular complexity index is 1020. The van der Waals surface area contributed by atoms with E-state index in [0.29, 0.717) is 24.5 Å². The topological polar surface area (TPSA) is 97.0 Å². The van der Waals surface area contributed by atoms with Crippen molar-refractivity contribution in [2.45, 2.75) is 12.5 Å². The molecule has 7 heteroatoms. The zero-order valence-electron chi connectivity index (χ0n) is 14.5. The van der Waals surface area contributed by atoms with E-state index in [4.69, 9.17) is 4.74 Å². The molecule has 0 spiro atoms. The molecule has 27 heavy (non-hydrogen) atoms. The maximum absolute atomic E-state index is 12.4. The molecule has 0 unspecified atom stereocenters. The number of carbonyl (C=O) groups excluding carboxylic acids is 1. The van der Waals surface area contributed by atoms with Gasteiger partial charge in [-0.1, -0.05) is 24.3 Å². The van der Waals surface area contributed by atoms with E-state index >= 15 is 0 Å². The van der Waals surface area contributed by atoms with Gasteiger partial charge in [0.2, 0.25) is 0 Å². The van der Waals surface area contributed by atoms with Crippen molar-refractivity contribution >= 4 is 5.91 Å². The van der Waals surface area contributed by atoms with Gasteiger partial charge >= 0.3 is 0 Å². The summed E-state index contributed by atoms with van der Waals surface area (Å²) in [7, 11) is 0. The summed E-state index contributed by atoms with van der Waals surface area (Å²) in [5.74, 6) is -0.109. The third-order valence-electron chi connectivity index (χ3n) is 4.52. The molecular formula is C20H18N4O3. The van der Waals surface area contributed by atoms with E-state index in [9.17, 15) is 9.59 Å². The van der Waals surface area contributed by atoms with E-state index in [1.807, 2.05) is 18.2 Å². The first-order valence-electron chi connectivity index (χ1n) is 8.69. The van der Waals surface area contributed by atoms with Gasteiger partial charge in [-0.15, -0.1) is 0 Å². The van der Waals surface area contributed by atoms with Crippen molar-refractivity contribution in [3.63, 3.8) is 0 Å². The fourth-order valence-electron chi connectivity index (χ4n) is 3.13. The molecule has 2 N–H and O–H groups in total. The van der Waals surface area contributed by atoms with Crippen molar-refractivity contribution in [1.82, 2.24) is 20.3 Å². The zero-order valence-corrected chi connectivity index (χ0v) is 14.5. The number of hydrogen-bond acceptors (Lipinski definition) is 5. The monoisotopic (exact) mass is 362 g/mol. The van der Waals surface area contributed by atoms with Gasteiger partial charge in [0.15, 0.2) is 0 Å². The zero-order chi connectivity index (χ0) is 18.6. The number of nitrogens with one attached hydrogen (secondary N) is 2. The Labute approximate surface area is 155 Å². The highest BCUT2D eigenvalue weighted by Crippen LogP contribution is 2.26. The number of nitrogens with zero attached hydrogens (tertiary/aromatic N) is 2. The summed E-state index contributed by atoms with van der Waals surface area (Å²) in [6, 6.07) is 11.5. The van der Waals surface area contributed by atoms with Crippen LogP contribution in [0.3, 0.4) is 0 Å². The standard InChI is InChI=1S/C20H18N4O3/c25-19(23-12-17-15-6-2-1-4-13(15)7-9-27-17)16-11-22-18(24-20(16)26)14-5-3-8-21-10-14/h1-6,8,10-11,17H,7,9,12H2,(H,23,25)(H,22,24,26)/t17-/m1/s1. The minimum Gasteiger partial charge on any atom is -0.371 e. The van der Waals surface area contributed by atoms with Crippen molar-refractivity contribution in [3.05, 3.63) is 82.0 Å². The summed E-state index contributed by atoms with van der Waals surface area (Å²) in [5, 5.41) is 2.77. The predicted octanol–water partition coefficient (Wildman–Crippen LogP) is 1.88. The summed E-state index contributed by atoms with van der Waals surface area (Å²) in [6.07, 6.45) is 5.15. The number of rotatable bonds is 4. The number of H-pyrrole nitrogens is 1. The maximum atomic E-state index is 12.4. The van der Waals surface area contributed by atoms with Gasteiger partial charge in [0.1, 0.15) is 17.5 Å². The summed E-state index contributed by atoms with van der Waals surface area (Å²) in [5.41, 5.74) is 2.44. The van der Waals surface area contributed by atoms with Gasteiger partial charge in [0.05, 0.1) is 6.61 Å². The van der Waals surface area contributed by atoms with Crippen LogP contribution in [0.5, 0.6) is 0 Å². The second-order valence-corrected chi connectivity index (χ2v) is 6.23. The number of fused-ring (bicyclic) bond motifs is 1. The first-order valence-corrected chi connectivity index (χ1v) is 8.69. The Balaban J connectivity index is 1.47. The molecule has 0 saturated heterocycles. The lowest BCUT2D eigenvalue weighted by Gasteiger charge is -2.26. The molecule has 3 aromatic rings. The van der Waals surface area contributed by atoms with Crippen LogP contribution in [-0.2, 0) is 11.2 Å². The third-order valence-corrected chi connectivity index (χ3v) is 4.52. The van der Waals surface area contributed by atoms with E-state index in [0.717, 1.165) is 12.0 Å². The molecule has 4 rings (SSSR count). The Morgan fingerprint density at radius 3 is 2.93 bits per heavy atom. The molecule has 3 heterocycles. The van der Waals surface area contributed by atoms with Crippen molar-refractivity contribution in [3.8, 4) is 11.4 Å². The first kappa shape index (κ1) is 17.1. The van der Waals surface area contributed by atoms with Crippen LogP contribution in [0, 0.1) is 0 Å². The fourth-order valence-corrected chi connectivity index (χ4v) is 3.13. The molecule has 1 atom stereocenters. The number of carbonyl (C=O) groups is 1. The molecule has 136 valence electrons. The van der Waals surface area contributed by atoms with Crippen LogP contribution in [0.4, 0.5) is 0 Å². The summed E-state index contributed by atoms with van der Waals surface area (Å²) in [4.78, 5) is 35.5. The van der Waals surface area contributed by atoms with Crippen LogP contribution in [0.1, 0.15) is 27.6 Å². The number of ether oxygens (including phenoxy) is 1. The lowest BCUT2D eigenvalue weighted by atomic mass is 9.97. The Morgan fingerprint density at radius 2 is 2.11 bits per heavy atom. The SMILES string of the molecule is O=C(NC[C@H]1OCCc2ccccc21)c1cnc(-c2cccnc2)[nH]c1=O. The molecule has 2 aromatic heterocycles. The van der Waals surface area contributed by atoms with Gasteiger partial charge in [-0.05, 0) is 29.7 Å². The van der Waals surface area contributed by atoms with Gasteiger partial charge in [-0.2, -0.15) is 0 Å². The molecule has 0 aliphatic carbocycles. The van der Waals surface area contributed by atoms with Gasteiger partial charge in [0.25, 0.3) is 11.5 Å². The van der Waals surface area contributed by atoms with Gasteiger partial charge < -0.3 is 15.0 Å². The molecule has 1 aromatic carbocycles. The molecule has 1 aliphatic heterocycles. The number of benzene rings is 1. The van der Waals surface area contributed by atoms with Crippen LogP contribution in [0.2, 0.25) is 0 Å². The van der Waals surface area contributed by atoms with Crippen molar-refractivity contribution in [2.24, 2.45) is 0 Å². The van der Waals surface area contributed by atoms with E-state index in [1.165, 1.54) is 11.8 Å². The van der Waals surface area contributed by atoms with Gasteiger partial charge in [0, 0.05) is 30.7 Å². The molecule has 0 fully saturated rings. The minimum atomic E-state index is -0.494. The first-order chi connectivity index (χ1) is 13.2. The highest BCUT2D eigenvalue weighted by Gasteiger charge is 2.22. The lowest BCUT2D eigenvalue weighted by molar-refractivity contribution is 0.0411. The van der Waals surface area contributed by atoms with Crippen molar-refractivity contribution in [1.29, 1.82) is 0 Å². The molecule has 0 saturated carbocycles. The highest BCUT2D eigenvalue weighted by atomic mass is 16.5. The maximum Gasteiger partial charge on any atom is 0.264 e. The summed E-state index contributed by atoms with van der Waals surface area (Å²) >= 11 is 0. The second kappa shape index (κ2) is 7.51. The Morgan fingerprint density at radius 1 is 1.22 bits per heavy atom. The largest absolute Gasteiger partial charge is 0.371 e. The average molecular weight is 362 g/mol. The van der Waals surface area contributed by atoms with Crippen LogP contribution in [-0.4, -0.2) is 34.0 Å². The van der Waals surface area contributed by atoms with Crippen LogP contribution in [0.25, 0.3) is 11.4 Å². The molecule has 7 nitrogen and oxygen atoms in total. The average Bonchev–Trinajstić information content (AvgIpc) is 2.72. The Kier molecular flexibility index (Phi) is 4.76. The second-order valence-electron chi connectivity index (χ2n) is 6.23. The normalized spacial score (nSPS) is 15.8. The van der Waals surface area contributed by atoms with E-state index in [2.05, 4.69) is 26.3 Å². The van der Waals surface area contributed by atoms with Gasteiger partial charge in [-0.25, -0.2) is 4.98 Å². The molecule has 0 bridgehead atoms. The molecular weight excluding hydrogens is 344 g/mol.